The molecule has 0 amide bonds. The monoisotopic (exact) mass is 279 g/mol. The van der Waals surface area contributed by atoms with E-state index in [0.717, 1.165) is 5.90 Å². The average molecular weight is 279 g/mol. The minimum atomic E-state index is -0.0729. The molecule has 0 spiro atoms. The Morgan fingerprint density at radius 1 is 0.810 bits per heavy atom. The van der Waals surface area contributed by atoms with Crippen LogP contribution in [0.25, 0.3) is 0 Å². The topological polar surface area (TPSA) is 21.6 Å². The van der Waals surface area contributed by atoms with E-state index in [9.17, 15) is 0 Å². The zero-order valence-corrected chi connectivity index (χ0v) is 12.8. The van der Waals surface area contributed by atoms with Crippen LogP contribution in [-0.2, 0) is 4.74 Å². The Kier molecular flexibility index (Phi) is 3.54. The molecule has 1 heterocycles. The predicted molar refractivity (Wildman–Crippen MR) is 86.3 cm³/mol. The molecule has 0 radical (unpaired) electrons. The van der Waals surface area contributed by atoms with Gasteiger partial charge in [-0.2, -0.15) is 0 Å². The van der Waals surface area contributed by atoms with E-state index >= 15 is 0 Å². The van der Waals surface area contributed by atoms with Gasteiger partial charge in [0.2, 0.25) is 0 Å². The van der Waals surface area contributed by atoms with Crippen LogP contribution >= 0.6 is 0 Å². The van der Waals surface area contributed by atoms with E-state index in [1.54, 1.807) is 0 Å². The summed E-state index contributed by atoms with van der Waals surface area (Å²) in [5, 5.41) is 0. The molecule has 0 N–H and O–H groups in total. The molecule has 2 aromatic rings. The second-order valence-corrected chi connectivity index (χ2v) is 6.49. The third-order valence-electron chi connectivity index (χ3n) is 3.69. The molecule has 1 aliphatic rings. The third-order valence-corrected chi connectivity index (χ3v) is 3.69. The highest BCUT2D eigenvalue weighted by Crippen LogP contribution is 2.42. The zero-order chi connectivity index (χ0) is 14.9. The first-order valence-corrected chi connectivity index (χ1v) is 7.40. The van der Waals surface area contributed by atoms with Gasteiger partial charge in [0.1, 0.15) is 6.04 Å². The number of rotatable bonds is 2. The Hall–Kier alpha value is -2.09. The normalized spacial score (nSPS) is 21.8. The van der Waals surface area contributed by atoms with Crippen LogP contribution in [0.5, 0.6) is 0 Å². The van der Waals surface area contributed by atoms with Crippen molar-refractivity contribution in [2.45, 2.75) is 32.9 Å². The Balaban J connectivity index is 2.00. The van der Waals surface area contributed by atoms with Gasteiger partial charge in [-0.1, -0.05) is 81.4 Å². The summed E-state index contributed by atoms with van der Waals surface area (Å²) in [6.45, 7) is 6.42. The fraction of sp³-hybridized carbons (Fsp3) is 0.316. The smallest absolute Gasteiger partial charge is 0.190 e. The highest BCUT2D eigenvalue weighted by atomic mass is 16.5. The largest absolute Gasteiger partial charge is 0.470 e. The molecule has 108 valence electrons. The van der Waals surface area contributed by atoms with Gasteiger partial charge in [0, 0.05) is 5.41 Å². The maximum absolute atomic E-state index is 6.23. The van der Waals surface area contributed by atoms with Crippen molar-refractivity contribution in [1.29, 1.82) is 0 Å². The molecule has 2 aromatic carbocycles. The highest BCUT2D eigenvalue weighted by molar-refractivity contribution is 5.83. The quantitative estimate of drug-likeness (QED) is 0.762. The first-order valence-electron chi connectivity index (χ1n) is 7.40. The number of nitrogens with zero attached hydrogens (tertiary/aromatic N) is 1. The first-order chi connectivity index (χ1) is 10.1. The van der Waals surface area contributed by atoms with Crippen molar-refractivity contribution in [1.82, 2.24) is 0 Å². The second-order valence-electron chi connectivity index (χ2n) is 6.49. The lowest BCUT2D eigenvalue weighted by Crippen LogP contribution is -2.21. The van der Waals surface area contributed by atoms with Crippen LogP contribution in [0.2, 0.25) is 0 Å². The van der Waals surface area contributed by atoms with Gasteiger partial charge in [0.25, 0.3) is 0 Å². The van der Waals surface area contributed by atoms with Gasteiger partial charge in [-0.15, -0.1) is 0 Å². The van der Waals surface area contributed by atoms with Gasteiger partial charge in [-0.3, -0.25) is 0 Å². The van der Waals surface area contributed by atoms with Crippen LogP contribution < -0.4 is 0 Å². The van der Waals surface area contributed by atoms with Gasteiger partial charge in [0.05, 0.1) is 0 Å². The lowest BCUT2D eigenvalue weighted by atomic mass is 9.96. The van der Waals surface area contributed by atoms with Crippen LogP contribution in [0.15, 0.2) is 65.7 Å². The third kappa shape index (κ3) is 2.85. The second kappa shape index (κ2) is 5.36. The molecule has 21 heavy (non-hydrogen) atoms. The van der Waals surface area contributed by atoms with Crippen LogP contribution in [0, 0.1) is 5.41 Å². The molecule has 0 bridgehead atoms. The Morgan fingerprint density at radius 3 is 1.86 bits per heavy atom. The summed E-state index contributed by atoms with van der Waals surface area (Å²) in [4.78, 5) is 4.88. The molecular weight excluding hydrogens is 258 g/mol. The summed E-state index contributed by atoms with van der Waals surface area (Å²) >= 11 is 0. The summed E-state index contributed by atoms with van der Waals surface area (Å²) in [5.74, 6) is 0.838. The number of aliphatic imine (C=N–C) groups is 1. The fourth-order valence-corrected chi connectivity index (χ4v) is 2.57. The Labute approximate surface area is 126 Å². The molecular formula is C19H21NO. The fourth-order valence-electron chi connectivity index (χ4n) is 2.57. The molecule has 1 aliphatic heterocycles. The van der Waals surface area contributed by atoms with Crippen LogP contribution in [0.1, 0.15) is 44.0 Å². The van der Waals surface area contributed by atoms with Crippen molar-refractivity contribution in [3.05, 3.63) is 71.8 Å². The molecule has 2 nitrogen and oxygen atoms in total. The summed E-state index contributed by atoms with van der Waals surface area (Å²) < 4.78 is 6.23. The van der Waals surface area contributed by atoms with Gasteiger partial charge in [-0.25, -0.2) is 4.99 Å². The number of ether oxygens (including phenoxy) is 1. The summed E-state index contributed by atoms with van der Waals surface area (Å²) in [6, 6.07) is 20.8. The predicted octanol–water partition coefficient (Wildman–Crippen LogP) is 4.94. The van der Waals surface area contributed by atoms with E-state index in [1.165, 1.54) is 11.1 Å². The van der Waals surface area contributed by atoms with Crippen molar-refractivity contribution in [3.8, 4) is 0 Å². The van der Waals surface area contributed by atoms with Crippen molar-refractivity contribution in [2.24, 2.45) is 10.4 Å². The zero-order valence-electron chi connectivity index (χ0n) is 12.8. The summed E-state index contributed by atoms with van der Waals surface area (Å²) in [7, 11) is 0. The molecule has 0 saturated carbocycles. The number of hydrogen-bond acceptors (Lipinski definition) is 2. The minimum absolute atomic E-state index is 0.0304. The number of hydrogen-bond donors (Lipinski definition) is 0. The molecule has 0 saturated heterocycles. The van der Waals surface area contributed by atoms with E-state index in [4.69, 9.17) is 9.73 Å². The van der Waals surface area contributed by atoms with Crippen LogP contribution in [0.3, 0.4) is 0 Å². The van der Waals surface area contributed by atoms with E-state index in [2.05, 4.69) is 69.3 Å². The van der Waals surface area contributed by atoms with Crippen LogP contribution in [0.4, 0.5) is 0 Å². The van der Waals surface area contributed by atoms with E-state index in [-0.39, 0.29) is 17.6 Å². The lowest BCUT2D eigenvalue weighted by molar-refractivity contribution is 0.177. The van der Waals surface area contributed by atoms with Gasteiger partial charge < -0.3 is 4.74 Å². The van der Waals surface area contributed by atoms with Crippen molar-refractivity contribution >= 4 is 5.90 Å². The molecule has 2 heteroatoms. The minimum Gasteiger partial charge on any atom is -0.470 e. The standard InChI is InChI=1S/C19H21NO/c1-19(2,3)18-20-16(14-10-6-4-7-11-14)17(21-18)15-12-8-5-9-13-15/h4-13,16-17H,1-3H3/t16-,17+/m0/s1. The molecule has 0 aliphatic carbocycles. The SMILES string of the molecule is CC(C)(C)C1=N[C@@H](c2ccccc2)[C@@H](c2ccccc2)O1. The van der Waals surface area contributed by atoms with Crippen molar-refractivity contribution in [3.63, 3.8) is 0 Å². The van der Waals surface area contributed by atoms with Gasteiger partial charge in [-0.05, 0) is 11.1 Å². The summed E-state index contributed by atoms with van der Waals surface area (Å²) in [6.07, 6.45) is -0.0391. The maximum Gasteiger partial charge on any atom is 0.190 e. The highest BCUT2D eigenvalue weighted by Gasteiger charge is 2.37. The van der Waals surface area contributed by atoms with Crippen molar-refractivity contribution in [2.75, 3.05) is 0 Å². The van der Waals surface area contributed by atoms with E-state index in [0.29, 0.717) is 0 Å². The van der Waals surface area contributed by atoms with Gasteiger partial charge >= 0.3 is 0 Å². The van der Waals surface area contributed by atoms with Gasteiger partial charge in [0.15, 0.2) is 12.0 Å². The van der Waals surface area contributed by atoms with Crippen molar-refractivity contribution < 1.29 is 4.74 Å². The molecule has 0 aromatic heterocycles. The lowest BCUT2D eigenvalue weighted by Gasteiger charge is -2.21. The molecule has 0 unspecified atom stereocenters. The van der Waals surface area contributed by atoms with E-state index < -0.39 is 0 Å². The Morgan fingerprint density at radius 2 is 1.33 bits per heavy atom. The molecule has 0 fully saturated rings. The van der Waals surface area contributed by atoms with E-state index in [1.807, 2.05) is 12.1 Å². The summed E-state index contributed by atoms with van der Waals surface area (Å²) in [5.41, 5.74) is 2.30. The maximum atomic E-state index is 6.23. The average Bonchev–Trinajstić information content (AvgIpc) is 2.94. The Bertz CT molecular complexity index is 626. The first kappa shape index (κ1) is 13.9. The van der Waals surface area contributed by atoms with Crippen LogP contribution in [-0.4, -0.2) is 5.90 Å². The molecule has 3 rings (SSSR count). The number of benzene rings is 2. The molecule has 2 atom stereocenters.